The maximum Gasteiger partial charge on any atom is 0.341 e. The molecule has 0 aliphatic carbocycles. The van der Waals surface area contributed by atoms with Gasteiger partial charge in [-0.25, -0.2) is 4.79 Å². The molecule has 1 aromatic heterocycles. The maximum atomic E-state index is 12.2. The summed E-state index contributed by atoms with van der Waals surface area (Å²) in [5.74, 6) is -0.812. The van der Waals surface area contributed by atoms with Crippen molar-refractivity contribution in [2.24, 2.45) is 7.05 Å². The number of nitrogens with zero attached hydrogens (tertiary/aromatic N) is 2. The third-order valence-corrected chi connectivity index (χ3v) is 4.19. The number of benzene rings is 2. The van der Waals surface area contributed by atoms with Gasteiger partial charge in [-0.15, -0.1) is 0 Å². The molecular formula is C19H15BrN2O3. The zero-order chi connectivity index (χ0) is 17.8. The van der Waals surface area contributed by atoms with E-state index in [1.807, 2.05) is 36.4 Å². The smallest absolute Gasteiger partial charge is 0.341 e. The molecule has 0 bridgehead atoms. The van der Waals surface area contributed by atoms with Gasteiger partial charge in [0.25, 0.3) is 0 Å². The highest BCUT2D eigenvalue weighted by molar-refractivity contribution is 9.10. The van der Waals surface area contributed by atoms with Crippen LogP contribution in [0.5, 0.6) is 0 Å². The Balaban J connectivity index is 1.62. The summed E-state index contributed by atoms with van der Waals surface area (Å²) in [4.78, 5) is 24.0. The first-order valence-electron chi connectivity index (χ1n) is 7.58. The average Bonchev–Trinajstić information content (AvgIpc) is 3.07. The summed E-state index contributed by atoms with van der Waals surface area (Å²) in [6.07, 6.45) is 2.94. The molecule has 5 nitrogen and oxygen atoms in total. The Bertz CT molecular complexity index is 899. The molecule has 0 spiro atoms. The second kappa shape index (κ2) is 7.44. The molecule has 0 saturated heterocycles. The third kappa shape index (κ3) is 4.22. The first-order valence-corrected chi connectivity index (χ1v) is 8.37. The Morgan fingerprint density at radius 3 is 2.16 bits per heavy atom. The van der Waals surface area contributed by atoms with Crippen molar-refractivity contribution in [2.75, 3.05) is 6.61 Å². The Morgan fingerprint density at radius 2 is 1.60 bits per heavy atom. The molecular weight excluding hydrogens is 384 g/mol. The summed E-state index contributed by atoms with van der Waals surface area (Å²) in [5, 5.41) is 3.89. The van der Waals surface area contributed by atoms with Crippen molar-refractivity contribution in [1.82, 2.24) is 9.78 Å². The van der Waals surface area contributed by atoms with Crippen LogP contribution in [0.1, 0.15) is 20.7 Å². The summed E-state index contributed by atoms with van der Waals surface area (Å²) >= 11 is 3.40. The molecule has 3 rings (SSSR count). The molecule has 0 aliphatic heterocycles. The van der Waals surface area contributed by atoms with Crippen molar-refractivity contribution >= 4 is 27.7 Å². The van der Waals surface area contributed by atoms with Crippen LogP contribution >= 0.6 is 15.9 Å². The molecule has 2 aromatic carbocycles. The van der Waals surface area contributed by atoms with E-state index in [-0.39, 0.29) is 12.4 Å². The molecule has 0 atom stereocenters. The fourth-order valence-electron chi connectivity index (χ4n) is 2.32. The minimum Gasteiger partial charge on any atom is -0.454 e. The van der Waals surface area contributed by atoms with Gasteiger partial charge in [0.2, 0.25) is 0 Å². The summed E-state index contributed by atoms with van der Waals surface area (Å²) in [7, 11) is 1.70. The monoisotopic (exact) mass is 398 g/mol. The second-order valence-electron chi connectivity index (χ2n) is 5.49. The van der Waals surface area contributed by atoms with Crippen molar-refractivity contribution in [2.45, 2.75) is 0 Å². The standard InChI is InChI=1S/C19H15BrN2O3/c1-22-11-16(10-21-22)19(24)25-12-18(23)15-4-2-13(3-5-15)14-6-8-17(20)9-7-14/h2-11H,12H2,1H3. The number of hydrogen-bond donors (Lipinski definition) is 0. The molecule has 0 aliphatic rings. The lowest BCUT2D eigenvalue weighted by Crippen LogP contribution is -2.13. The summed E-state index contributed by atoms with van der Waals surface area (Å²) < 4.78 is 7.55. The topological polar surface area (TPSA) is 61.2 Å². The van der Waals surface area contributed by atoms with E-state index in [0.29, 0.717) is 11.1 Å². The van der Waals surface area contributed by atoms with Crippen LogP contribution in [0.3, 0.4) is 0 Å². The molecule has 0 amide bonds. The minimum absolute atomic E-state index is 0.250. The maximum absolute atomic E-state index is 12.2. The van der Waals surface area contributed by atoms with Crippen LogP contribution in [0.2, 0.25) is 0 Å². The zero-order valence-electron chi connectivity index (χ0n) is 13.5. The predicted octanol–water partition coefficient (Wildman–Crippen LogP) is 3.89. The lowest BCUT2D eigenvalue weighted by molar-refractivity contribution is 0.0474. The van der Waals surface area contributed by atoms with Crippen LogP contribution < -0.4 is 0 Å². The third-order valence-electron chi connectivity index (χ3n) is 3.66. The molecule has 0 saturated carbocycles. The predicted molar refractivity (Wildman–Crippen MR) is 97.4 cm³/mol. The Kier molecular flexibility index (Phi) is 5.09. The lowest BCUT2D eigenvalue weighted by atomic mass is 10.0. The highest BCUT2D eigenvalue weighted by Crippen LogP contribution is 2.22. The Morgan fingerprint density at radius 1 is 1.00 bits per heavy atom. The van der Waals surface area contributed by atoms with Crippen LogP contribution in [-0.4, -0.2) is 28.1 Å². The largest absolute Gasteiger partial charge is 0.454 e. The van der Waals surface area contributed by atoms with Crippen LogP contribution in [-0.2, 0) is 11.8 Å². The van der Waals surface area contributed by atoms with Crippen molar-refractivity contribution in [3.05, 3.63) is 76.5 Å². The molecule has 0 N–H and O–H groups in total. The number of aromatic nitrogens is 2. The zero-order valence-corrected chi connectivity index (χ0v) is 15.1. The number of ketones is 1. The first-order chi connectivity index (χ1) is 12.0. The summed E-state index contributed by atoms with van der Waals surface area (Å²) in [6.45, 7) is -0.300. The minimum atomic E-state index is -0.562. The fraction of sp³-hybridized carbons (Fsp3) is 0.105. The molecule has 1 heterocycles. The number of carbonyl (C=O) groups excluding carboxylic acids is 2. The fourth-order valence-corrected chi connectivity index (χ4v) is 2.58. The summed E-state index contributed by atoms with van der Waals surface area (Å²) in [5.41, 5.74) is 2.89. The van der Waals surface area contributed by atoms with E-state index >= 15 is 0 Å². The second-order valence-corrected chi connectivity index (χ2v) is 6.40. The van der Waals surface area contributed by atoms with Crippen LogP contribution in [0.15, 0.2) is 65.4 Å². The number of Topliss-reactive ketones (excluding diaryl/α,β-unsaturated/α-hetero) is 1. The number of ether oxygens (including phenoxy) is 1. The van der Waals surface area contributed by atoms with E-state index < -0.39 is 5.97 Å². The average molecular weight is 399 g/mol. The lowest BCUT2D eigenvalue weighted by Gasteiger charge is -2.05. The van der Waals surface area contributed by atoms with Gasteiger partial charge in [0.1, 0.15) is 0 Å². The highest BCUT2D eigenvalue weighted by Gasteiger charge is 2.13. The van der Waals surface area contributed by atoms with E-state index in [9.17, 15) is 9.59 Å². The number of carbonyl (C=O) groups is 2. The summed E-state index contributed by atoms with van der Waals surface area (Å²) in [6, 6.07) is 15.1. The number of esters is 1. The van der Waals surface area contributed by atoms with Gasteiger partial charge in [0, 0.05) is 23.3 Å². The highest BCUT2D eigenvalue weighted by atomic mass is 79.9. The van der Waals surface area contributed by atoms with Crippen molar-refractivity contribution in [3.63, 3.8) is 0 Å². The van der Waals surface area contributed by atoms with Gasteiger partial charge in [-0.2, -0.15) is 5.10 Å². The van der Waals surface area contributed by atoms with Crippen LogP contribution in [0.25, 0.3) is 11.1 Å². The van der Waals surface area contributed by atoms with Gasteiger partial charge >= 0.3 is 5.97 Å². The van der Waals surface area contributed by atoms with Gasteiger partial charge in [-0.05, 0) is 23.3 Å². The molecule has 3 aromatic rings. The Hall–Kier alpha value is -2.73. The Labute approximate surface area is 153 Å². The number of rotatable bonds is 5. The molecule has 126 valence electrons. The van der Waals surface area contributed by atoms with E-state index in [2.05, 4.69) is 21.0 Å². The first kappa shape index (κ1) is 17.1. The van der Waals surface area contributed by atoms with E-state index in [1.54, 1.807) is 25.4 Å². The van der Waals surface area contributed by atoms with Crippen LogP contribution in [0.4, 0.5) is 0 Å². The molecule has 6 heteroatoms. The quantitative estimate of drug-likeness (QED) is 0.483. The van der Waals surface area contributed by atoms with Gasteiger partial charge in [-0.1, -0.05) is 52.3 Å². The van der Waals surface area contributed by atoms with Crippen molar-refractivity contribution in [1.29, 1.82) is 0 Å². The van der Waals surface area contributed by atoms with Gasteiger partial charge in [0.15, 0.2) is 12.4 Å². The van der Waals surface area contributed by atoms with E-state index in [1.165, 1.54) is 10.9 Å². The van der Waals surface area contributed by atoms with Gasteiger partial charge in [-0.3, -0.25) is 9.48 Å². The molecule has 25 heavy (non-hydrogen) atoms. The molecule has 0 radical (unpaired) electrons. The van der Waals surface area contributed by atoms with Crippen LogP contribution in [0, 0.1) is 0 Å². The van der Waals surface area contributed by atoms with Gasteiger partial charge < -0.3 is 4.74 Å². The van der Waals surface area contributed by atoms with E-state index in [4.69, 9.17) is 4.74 Å². The molecule has 0 unspecified atom stereocenters. The van der Waals surface area contributed by atoms with Crippen molar-refractivity contribution < 1.29 is 14.3 Å². The number of halogens is 1. The SMILES string of the molecule is Cn1cc(C(=O)OCC(=O)c2ccc(-c3ccc(Br)cc3)cc2)cn1. The molecule has 0 fully saturated rings. The van der Waals surface area contributed by atoms with Crippen molar-refractivity contribution in [3.8, 4) is 11.1 Å². The number of aryl methyl sites for hydroxylation is 1. The van der Waals surface area contributed by atoms with Gasteiger partial charge in [0.05, 0.1) is 11.8 Å². The number of hydrogen-bond acceptors (Lipinski definition) is 4. The normalized spacial score (nSPS) is 10.5. The van der Waals surface area contributed by atoms with E-state index in [0.717, 1.165) is 15.6 Å².